The number of alkyl halides is 3. The number of halogens is 3. The van der Waals surface area contributed by atoms with Crippen LogP contribution in [0.25, 0.3) is 0 Å². The lowest BCUT2D eigenvalue weighted by Crippen LogP contribution is -2.66. The number of piperidine rings is 1. The van der Waals surface area contributed by atoms with Crippen molar-refractivity contribution >= 4 is 18.9 Å². The van der Waals surface area contributed by atoms with Crippen molar-refractivity contribution in [2.45, 2.75) is 141 Å². The van der Waals surface area contributed by atoms with Crippen LogP contribution < -0.4 is 10.6 Å². The molecule has 2 saturated heterocycles. The molecule has 0 radical (unpaired) electrons. The van der Waals surface area contributed by atoms with Crippen LogP contribution in [0.1, 0.15) is 117 Å². The zero-order valence-electron chi connectivity index (χ0n) is 27.7. The molecule has 1 aliphatic carbocycles. The van der Waals surface area contributed by atoms with E-state index < -0.39 is 34.0 Å². The first-order valence-electron chi connectivity index (χ1n) is 16.2. The third-order valence-electron chi connectivity index (χ3n) is 10.0. The summed E-state index contributed by atoms with van der Waals surface area (Å²) in [5.74, 6) is -0.564. The molecule has 246 valence electrons. The highest BCUT2D eigenvalue weighted by molar-refractivity contribution is 6.45. The van der Waals surface area contributed by atoms with E-state index in [0.29, 0.717) is 45.1 Å². The fraction of sp³-hybridized carbons (Fsp3) is 0.758. The van der Waals surface area contributed by atoms with Gasteiger partial charge in [-0.3, -0.25) is 14.5 Å². The number of hydrogen-bond donors (Lipinski definition) is 2. The van der Waals surface area contributed by atoms with Gasteiger partial charge in [0.2, 0.25) is 11.8 Å². The Morgan fingerprint density at radius 3 is 2.14 bits per heavy atom. The highest BCUT2D eigenvalue weighted by atomic mass is 19.4. The molecule has 0 bridgehead atoms. The number of nitrogens with one attached hydrogen (secondary N) is 2. The van der Waals surface area contributed by atoms with E-state index in [0.717, 1.165) is 30.4 Å². The van der Waals surface area contributed by atoms with Crippen molar-refractivity contribution in [1.82, 2.24) is 15.5 Å². The molecule has 2 atom stereocenters. The molecule has 2 fully saturated rings. The molecule has 2 unspecified atom stereocenters. The summed E-state index contributed by atoms with van der Waals surface area (Å²) in [5.41, 5.74) is -1.28. The third kappa shape index (κ3) is 7.64. The second-order valence-electron chi connectivity index (χ2n) is 15.1. The van der Waals surface area contributed by atoms with Gasteiger partial charge in [-0.05, 0) is 129 Å². The summed E-state index contributed by atoms with van der Waals surface area (Å²) >= 11 is 0. The van der Waals surface area contributed by atoms with Gasteiger partial charge in [0, 0.05) is 18.5 Å². The van der Waals surface area contributed by atoms with Gasteiger partial charge >= 0.3 is 13.3 Å². The lowest BCUT2D eigenvalue weighted by Gasteiger charge is -2.46. The van der Waals surface area contributed by atoms with E-state index in [4.69, 9.17) is 9.31 Å². The van der Waals surface area contributed by atoms with Gasteiger partial charge in [-0.25, -0.2) is 0 Å². The maximum absolute atomic E-state index is 14.1. The van der Waals surface area contributed by atoms with Crippen molar-refractivity contribution in [3.63, 3.8) is 0 Å². The van der Waals surface area contributed by atoms with Crippen molar-refractivity contribution in [3.05, 3.63) is 34.9 Å². The van der Waals surface area contributed by atoms with E-state index >= 15 is 0 Å². The van der Waals surface area contributed by atoms with Crippen LogP contribution >= 0.6 is 0 Å². The number of amides is 2. The highest BCUT2D eigenvalue weighted by Crippen LogP contribution is 2.43. The zero-order chi connectivity index (χ0) is 32.7. The second kappa shape index (κ2) is 12.6. The monoisotopic (exact) mass is 621 g/mol. The standard InChI is InChI=1S/C33H51BF3N3O4/c1-22(41)38-32(28(42)39-29(2,3)4,17-9-10-18-34-43-30(5,6)31(7,8)44-34)24-15-19-40(20-16-24)27-14-12-23-11-13-25(21-26(23)27)33(35,36)37/h11,13,21,24,27H,9-10,12,14-20H2,1-8H3,(H,38,41)(H,39,42). The summed E-state index contributed by atoms with van der Waals surface area (Å²) in [6, 6.07) is 4.03. The molecule has 2 heterocycles. The lowest BCUT2D eigenvalue weighted by molar-refractivity contribution is -0.138. The van der Waals surface area contributed by atoms with E-state index in [1.807, 2.05) is 48.5 Å². The molecule has 7 nitrogen and oxygen atoms in total. The minimum atomic E-state index is -4.38. The van der Waals surface area contributed by atoms with Gasteiger partial charge in [0.25, 0.3) is 0 Å². The van der Waals surface area contributed by atoms with Gasteiger partial charge in [0.15, 0.2) is 0 Å². The Bertz CT molecular complexity index is 1190. The molecule has 0 saturated carbocycles. The fourth-order valence-electron chi connectivity index (χ4n) is 7.13. The predicted octanol–water partition coefficient (Wildman–Crippen LogP) is 6.46. The predicted molar refractivity (Wildman–Crippen MR) is 166 cm³/mol. The molecule has 4 rings (SSSR count). The first-order chi connectivity index (χ1) is 20.2. The van der Waals surface area contributed by atoms with Gasteiger partial charge in [-0.1, -0.05) is 18.9 Å². The van der Waals surface area contributed by atoms with Crippen LogP contribution in [0.5, 0.6) is 0 Å². The number of carbonyl (C=O) groups excluding carboxylic acids is 2. The van der Waals surface area contributed by atoms with Crippen molar-refractivity contribution in [2.75, 3.05) is 13.1 Å². The van der Waals surface area contributed by atoms with Gasteiger partial charge in [0.05, 0.1) is 16.8 Å². The maximum atomic E-state index is 14.1. The molecule has 2 aliphatic heterocycles. The number of benzene rings is 1. The molecular formula is C33H51BF3N3O4. The SMILES string of the molecule is CC(=O)NC(CCCCB1OC(C)(C)C(C)(C)O1)(C(=O)NC(C)(C)C)C1CCN(C2CCc3ccc(C(F)(F)F)cc32)CC1. The van der Waals surface area contributed by atoms with Crippen LogP contribution in [0, 0.1) is 5.92 Å². The molecule has 0 aromatic heterocycles. The molecule has 2 N–H and O–H groups in total. The molecule has 11 heteroatoms. The first-order valence-corrected chi connectivity index (χ1v) is 16.2. The van der Waals surface area contributed by atoms with Gasteiger partial charge < -0.3 is 19.9 Å². The Morgan fingerprint density at radius 2 is 1.59 bits per heavy atom. The fourth-order valence-corrected chi connectivity index (χ4v) is 7.13. The Balaban J connectivity index is 1.49. The smallest absolute Gasteiger partial charge is 0.403 e. The topological polar surface area (TPSA) is 79.9 Å². The molecule has 2 amide bonds. The number of likely N-dealkylation sites (tertiary alicyclic amines) is 1. The average molecular weight is 622 g/mol. The van der Waals surface area contributed by atoms with Crippen LogP contribution in [0.15, 0.2) is 18.2 Å². The number of carbonyl (C=O) groups is 2. The third-order valence-corrected chi connectivity index (χ3v) is 10.0. The highest BCUT2D eigenvalue weighted by Gasteiger charge is 2.51. The first kappa shape index (κ1) is 34.8. The van der Waals surface area contributed by atoms with E-state index in [-0.39, 0.29) is 30.9 Å². The van der Waals surface area contributed by atoms with Gasteiger partial charge in [-0.15, -0.1) is 0 Å². The van der Waals surface area contributed by atoms with E-state index in [1.165, 1.54) is 19.1 Å². The van der Waals surface area contributed by atoms with E-state index in [2.05, 4.69) is 15.5 Å². The normalized spacial score (nSPS) is 23.7. The summed E-state index contributed by atoms with van der Waals surface area (Å²) in [6.45, 7) is 16.6. The number of nitrogens with zero attached hydrogens (tertiary/aromatic N) is 1. The van der Waals surface area contributed by atoms with Crippen molar-refractivity contribution in [2.24, 2.45) is 5.92 Å². The van der Waals surface area contributed by atoms with Crippen LogP contribution in [0.3, 0.4) is 0 Å². The molecule has 44 heavy (non-hydrogen) atoms. The minimum Gasteiger partial charge on any atom is -0.403 e. The van der Waals surface area contributed by atoms with E-state index in [9.17, 15) is 22.8 Å². The quantitative estimate of drug-likeness (QED) is 0.245. The van der Waals surface area contributed by atoms with Gasteiger partial charge in [-0.2, -0.15) is 13.2 Å². The number of aryl methyl sites for hydroxylation is 1. The van der Waals surface area contributed by atoms with Gasteiger partial charge in [0.1, 0.15) is 5.54 Å². The van der Waals surface area contributed by atoms with Crippen LogP contribution in [0.4, 0.5) is 13.2 Å². The largest absolute Gasteiger partial charge is 0.457 e. The Labute approximate surface area is 261 Å². The average Bonchev–Trinajstić information content (AvgIpc) is 3.40. The Hall–Kier alpha value is -2.11. The summed E-state index contributed by atoms with van der Waals surface area (Å²) < 4.78 is 52.8. The van der Waals surface area contributed by atoms with Crippen molar-refractivity contribution in [3.8, 4) is 0 Å². The molecule has 1 aromatic rings. The maximum Gasteiger partial charge on any atom is 0.457 e. The molecule has 1 aromatic carbocycles. The van der Waals surface area contributed by atoms with Crippen LogP contribution in [-0.4, -0.2) is 59.2 Å². The number of rotatable bonds is 9. The minimum absolute atomic E-state index is 0.0771. The van der Waals surface area contributed by atoms with Crippen LogP contribution in [0.2, 0.25) is 6.32 Å². The summed E-state index contributed by atoms with van der Waals surface area (Å²) in [7, 11) is -0.325. The number of hydrogen-bond acceptors (Lipinski definition) is 5. The Morgan fingerprint density at radius 1 is 0.977 bits per heavy atom. The molecule has 0 spiro atoms. The lowest BCUT2D eigenvalue weighted by atomic mass is 9.72. The van der Waals surface area contributed by atoms with Crippen molar-refractivity contribution < 1.29 is 32.1 Å². The number of unbranched alkanes of at least 4 members (excludes halogenated alkanes) is 1. The van der Waals surface area contributed by atoms with Crippen LogP contribution in [-0.2, 0) is 31.5 Å². The molecule has 3 aliphatic rings. The molecular weight excluding hydrogens is 570 g/mol. The Kier molecular flexibility index (Phi) is 9.95. The van der Waals surface area contributed by atoms with E-state index in [1.54, 1.807) is 6.07 Å². The summed E-state index contributed by atoms with van der Waals surface area (Å²) in [6.07, 6.45) is 1.07. The number of fused-ring (bicyclic) bond motifs is 1. The zero-order valence-corrected chi connectivity index (χ0v) is 27.7. The second-order valence-corrected chi connectivity index (χ2v) is 15.1. The van der Waals surface area contributed by atoms with Crippen molar-refractivity contribution in [1.29, 1.82) is 0 Å². The summed E-state index contributed by atoms with van der Waals surface area (Å²) in [5, 5.41) is 6.25. The summed E-state index contributed by atoms with van der Waals surface area (Å²) in [4.78, 5) is 29.0.